The van der Waals surface area contributed by atoms with Gasteiger partial charge in [-0.3, -0.25) is 4.79 Å². The Morgan fingerprint density at radius 3 is 2.81 bits per heavy atom. The highest BCUT2D eigenvalue weighted by atomic mass is 16.5. The van der Waals surface area contributed by atoms with Crippen LogP contribution in [0.1, 0.15) is 31.2 Å². The normalized spacial score (nSPS) is 27.7. The van der Waals surface area contributed by atoms with E-state index in [2.05, 4.69) is 10.2 Å². The van der Waals surface area contributed by atoms with E-state index in [-0.39, 0.29) is 6.03 Å². The molecule has 3 amide bonds. The molecule has 3 fully saturated rings. The first-order valence-corrected chi connectivity index (χ1v) is 9.59. The minimum Gasteiger partial charge on any atom is -0.497 e. The number of piperidine rings is 3. The van der Waals surface area contributed by atoms with Gasteiger partial charge in [-0.15, -0.1) is 0 Å². The molecule has 2 unspecified atom stereocenters. The van der Waals surface area contributed by atoms with Crippen molar-refractivity contribution in [2.75, 3.05) is 26.7 Å². The third-order valence-electron chi connectivity index (χ3n) is 6.07. The quantitative estimate of drug-likeness (QED) is 0.902. The Labute approximate surface area is 154 Å². The molecule has 0 radical (unpaired) electrons. The van der Waals surface area contributed by atoms with Crippen molar-refractivity contribution < 1.29 is 14.3 Å². The van der Waals surface area contributed by atoms with Gasteiger partial charge in [0.1, 0.15) is 5.75 Å². The topological polar surface area (TPSA) is 61.9 Å². The first kappa shape index (κ1) is 17.2. The van der Waals surface area contributed by atoms with Crippen LogP contribution in [0, 0.1) is 11.8 Å². The third-order valence-corrected chi connectivity index (χ3v) is 6.07. The lowest BCUT2D eigenvalue weighted by Gasteiger charge is -2.52. The number of hydrogen-bond donors (Lipinski definition) is 1. The number of carbonyl (C=O) groups is 2. The second-order valence-corrected chi connectivity index (χ2v) is 7.78. The van der Waals surface area contributed by atoms with Gasteiger partial charge in [-0.2, -0.15) is 0 Å². The number of rotatable bonds is 3. The Hall–Kier alpha value is -2.24. The molecule has 26 heavy (non-hydrogen) atoms. The smallest absolute Gasteiger partial charge is 0.317 e. The molecule has 3 aliphatic heterocycles. The highest BCUT2D eigenvalue weighted by Gasteiger charge is 2.44. The molecule has 2 bridgehead atoms. The summed E-state index contributed by atoms with van der Waals surface area (Å²) >= 11 is 0. The monoisotopic (exact) mass is 357 g/mol. The fraction of sp³-hybridized carbons (Fsp3) is 0.600. The molecule has 0 saturated carbocycles. The van der Waals surface area contributed by atoms with Crippen molar-refractivity contribution in [3.05, 3.63) is 29.8 Å². The van der Waals surface area contributed by atoms with Gasteiger partial charge in [0.2, 0.25) is 5.91 Å². The van der Waals surface area contributed by atoms with Crippen LogP contribution >= 0.6 is 0 Å². The first-order chi connectivity index (χ1) is 12.6. The van der Waals surface area contributed by atoms with Crippen LogP contribution < -0.4 is 10.1 Å². The van der Waals surface area contributed by atoms with Gasteiger partial charge < -0.3 is 19.9 Å². The van der Waals surface area contributed by atoms with E-state index in [9.17, 15) is 9.59 Å². The van der Waals surface area contributed by atoms with Gasteiger partial charge in [0, 0.05) is 38.6 Å². The van der Waals surface area contributed by atoms with Gasteiger partial charge in [0.05, 0.1) is 7.11 Å². The molecule has 1 aromatic rings. The van der Waals surface area contributed by atoms with Crippen LogP contribution in [0.3, 0.4) is 0 Å². The molecule has 6 nitrogen and oxygen atoms in total. The summed E-state index contributed by atoms with van der Waals surface area (Å²) in [6, 6.07) is 8.09. The molecular weight excluding hydrogens is 330 g/mol. The highest BCUT2D eigenvalue weighted by molar-refractivity contribution is 5.78. The number of benzene rings is 1. The zero-order valence-corrected chi connectivity index (χ0v) is 15.3. The van der Waals surface area contributed by atoms with E-state index in [4.69, 9.17) is 4.74 Å². The average molecular weight is 357 g/mol. The molecule has 1 N–H and O–H groups in total. The number of carbonyl (C=O) groups excluding carboxylic acids is 2. The minimum atomic E-state index is 0.00565. The van der Waals surface area contributed by atoms with Crippen LogP contribution in [-0.4, -0.2) is 54.5 Å². The highest BCUT2D eigenvalue weighted by Crippen LogP contribution is 2.37. The molecule has 3 saturated heterocycles. The number of hydrogen-bond acceptors (Lipinski definition) is 3. The van der Waals surface area contributed by atoms with Crippen molar-refractivity contribution in [1.82, 2.24) is 15.1 Å². The number of methoxy groups -OCH3 is 1. The maximum Gasteiger partial charge on any atom is 0.317 e. The van der Waals surface area contributed by atoms with Crippen molar-refractivity contribution in [2.45, 2.75) is 38.3 Å². The fourth-order valence-electron chi connectivity index (χ4n) is 4.81. The zero-order valence-electron chi connectivity index (χ0n) is 15.3. The second-order valence-electron chi connectivity index (χ2n) is 7.78. The zero-order chi connectivity index (χ0) is 18.1. The van der Waals surface area contributed by atoms with Gasteiger partial charge in [-0.05, 0) is 48.8 Å². The largest absolute Gasteiger partial charge is 0.497 e. The van der Waals surface area contributed by atoms with Crippen LogP contribution in [0.5, 0.6) is 5.75 Å². The average Bonchev–Trinajstić information content (AvgIpc) is 2.67. The van der Waals surface area contributed by atoms with Gasteiger partial charge in [0.15, 0.2) is 0 Å². The summed E-state index contributed by atoms with van der Waals surface area (Å²) in [7, 11) is 1.64. The van der Waals surface area contributed by atoms with Crippen molar-refractivity contribution in [1.29, 1.82) is 0 Å². The van der Waals surface area contributed by atoms with Crippen molar-refractivity contribution >= 4 is 11.9 Å². The Balaban J connectivity index is 1.35. The molecule has 6 heteroatoms. The molecule has 1 aromatic carbocycles. The van der Waals surface area contributed by atoms with Gasteiger partial charge in [0.25, 0.3) is 0 Å². The summed E-state index contributed by atoms with van der Waals surface area (Å²) in [5, 5.41) is 3.04. The maximum atomic E-state index is 12.7. The number of ether oxygens (including phenoxy) is 1. The molecule has 0 aromatic heterocycles. The van der Waals surface area contributed by atoms with Crippen LogP contribution in [-0.2, 0) is 11.3 Å². The number of amides is 3. The summed E-state index contributed by atoms with van der Waals surface area (Å²) in [6.45, 7) is 2.85. The predicted molar refractivity (Wildman–Crippen MR) is 97.8 cm³/mol. The van der Waals surface area contributed by atoms with E-state index in [0.29, 0.717) is 36.8 Å². The lowest BCUT2D eigenvalue weighted by molar-refractivity contribution is -0.144. The Morgan fingerprint density at radius 1 is 1.23 bits per heavy atom. The Morgan fingerprint density at radius 2 is 2.04 bits per heavy atom. The van der Waals surface area contributed by atoms with Crippen LogP contribution in [0.25, 0.3) is 0 Å². The molecule has 140 valence electrons. The summed E-state index contributed by atoms with van der Waals surface area (Å²) in [5.41, 5.74) is 1.06. The Bertz CT molecular complexity index is 675. The van der Waals surface area contributed by atoms with E-state index < -0.39 is 0 Å². The number of fused-ring (bicyclic) bond motifs is 4. The maximum absolute atomic E-state index is 12.7. The van der Waals surface area contributed by atoms with E-state index in [1.165, 1.54) is 0 Å². The summed E-state index contributed by atoms with van der Waals surface area (Å²) in [6.07, 6.45) is 3.92. The van der Waals surface area contributed by atoms with Crippen LogP contribution in [0.2, 0.25) is 0 Å². The SMILES string of the molecule is COc1ccc(CNC(=O)N2CC3CC(C2)[C@H]2CCCC(=O)N2C3)cc1. The summed E-state index contributed by atoms with van der Waals surface area (Å²) in [5.74, 6) is 1.97. The Kier molecular flexibility index (Phi) is 4.74. The van der Waals surface area contributed by atoms with Gasteiger partial charge in [-0.25, -0.2) is 4.79 Å². The van der Waals surface area contributed by atoms with Gasteiger partial charge in [-0.1, -0.05) is 12.1 Å². The third kappa shape index (κ3) is 3.37. The van der Waals surface area contributed by atoms with Crippen molar-refractivity contribution in [3.63, 3.8) is 0 Å². The number of likely N-dealkylation sites (tertiary alicyclic amines) is 1. The molecule has 3 aliphatic rings. The van der Waals surface area contributed by atoms with E-state index in [0.717, 1.165) is 50.2 Å². The molecule has 0 aliphatic carbocycles. The lowest BCUT2D eigenvalue weighted by Crippen LogP contribution is -2.62. The summed E-state index contributed by atoms with van der Waals surface area (Å²) < 4.78 is 5.16. The van der Waals surface area contributed by atoms with E-state index >= 15 is 0 Å². The minimum absolute atomic E-state index is 0.00565. The van der Waals surface area contributed by atoms with E-state index in [1.54, 1.807) is 7.11 Å². The first-order valence-electron chi connectivity index (χ1n) is 9.59. The molecule has 3 atom stereocenters. The van der Waals surface area contributed by atoms with E-state index in [1.807, 2.05) is 29.2 Å². The molecule has 0 spiro atoms. The molecule has 3 heterocycles. The van der Waals surface area contributed by atoms with Crippen LogP contribution in [0.15, 0.2) is 24.3 Å². The standard InChI is InChI=1S/C20H27N3O3/c1-26-17-7-5-14(6-8-17)10-21-20(25)22-11-15-9-16(13-22)18-3-2-4-19(24)23(18)12-15/h5-8,15-16,18H,2-4,9-13H2,1H3,(H,21,25)/t15?,16?,18-/m1/s1. The van der Waals surface area contributed by atoms with Crippen LogP contribution in [0.4, 0.5) is 4.79 Å². The van der Waals surface area contributed by atoms with Gasteiger partial charge >= 0.3 is 6.03 Å². The number of urea groups is 1. The number of nitrogens with zero attached hydrogens (tertiary/aromatic N) is 2. The molecule has 4 rings (SSSR count). The lowest BCUT2D eigenvalue weighted by atomic mass is 9.76. The predicted octanol–water partition coefficient (Wildman–Crippen LogP) is 2.24. The molecular formula is C20H27N3O3. The van der Waals surface area contributed by atoms with Crippen molar-refractivity contribution in [3.8, 4) is 5.75 Å². The number of nitrogens with one attached hydrogen (secondary N) is 1. The fourth-order valence-corrected chi connectivity index (χ4v) is 4.81. The summed E-state index contributed by atoms with van der Waals surface area (Å²) in [4.78, 5) is 28.9. The second kappa shape index (κ2) is 7.17. The van der Waals surface area contributed by atoms with Crippen molar-refractivity contribution in [2.24, 2.45) is 11.8 Å².